The first kappa shape index (κ1) is 20.0. The quantitative estimate of drug-likeness (QED) is 0.215. The Kier molecular flexibility index (Phi) is 16.4. The van der Waals surface area contributed by atoms with Crippen molar-refractivity contribution in [2.24, 2.45) is 4.99 Å². The van der Waals surface area contributed by atoms with Gasteiger partial charge in [-0.05, 0) is 33.0 Å². The van der Waals surface area contributed by atoms with Crippen LogP contribution in [0, 0.1) is 0 Å². The highest BCUT2D eigenvalue weighted by atomic mass is 127. The Morgan fingerprint density at radius 2 is 1.89 bits per heavy atom. The van der Waals surface area contributed by atoms with Gasteiger partial charge in [-0.25, -0.2) is 0 Å². The van der Waals surface area contributed by atoms with E-state index in [-0.39, 0.29) is 24.0 Å². The van der Waals surface area contributed by atoms with E-state index in [1.54, 1.807) is 0 Å². The summed E-state index contributed by atoms with van der Waals surface area (Å²) in [5.74, 6) is 0.881. The maximum atomic E-state index is 4.51. The molecule has 0 aromatic carbocycles. The van der Waals surface area contributed by atoms with Crippen molar-refractivity contribution in [1.29, 1.82) is 0 Å². The number of hydrogen-bond donors (Lipinski definition) is 2. The second-order valence-electron chi connectivity index (χ2n) is 3.81. The van der Waals surface area contributed by atoms with Gasteiger partial charge in [0.15, 0.2) is 5.96 Å². The Balaban J connectivity index is 0. The van der Waals surface area contributed by atoms with Gasteiger partial charge in [0.1, 0.15) is 0 Å². The highest BCUT2D eigenvalue weighted by Gasteiger charge is 1.98. The van der Waals surface area contributed by atoms with E-state index < -0.39 is 0 Å². The number of nitrogens with one attached hydrogen (secondary N) is 2. The van der Waals surface area contributed by atoms with Crippen molar-refractivity contribution in [3.05, 3.63) is 12.7 Å². The average molecular weight is 368 g/mol. The third kappa shape index (κ3) is 10.8. The van der Waals surface area contributed by atoms with Crippen LogP contribution in [-0.4, -0.2) is 50.1 Å². The van der Waals surface area contributed by atoms with Crippen molar-refractivity contribution >= 4 is 29.9 Å². The maximum Gasteiger partial charge on any atom is 0.191 e. The van der Waals surface area contributed by atoms with Crippen LogP contribution in [0.3, 0.4) is 0 Å². The maximum absolute atomic E-state index is 4.51. The van der Waals surface area contributed by atoms with E-state index in [2.05, 4.69) is 47.9 Å². The molecule has 4 nitrogen and oxygen atoms in total. The monoisotopic (exact) mass is 368 g/mol. The Morgan fingerprint density at radius 3 is 2.39 bits per heavy atom. The Morgan fingerprint density at radius 1 is 1.22 bits per heavy atom. The van der Waals surface area contributed by atoms with E-state index in [9.17, 15) is 0 Å². The first-order chi connectivity index (χ1) is 8.28. The van der Waals surface area contributed by atoms with Gasteiger partial charge in [0.25, 0.3) is 0 Å². The second-order valence-corrected chi connectivity index (χ2v) is 3.81. The Bertz CT molecular complexity index is 215. The summed E-state index contributed by atoms with van der Waals surface area (Å²) in [5, 5.41) is 6.40. The van der Waals surface area contributed by atoms with Crippen LogP contribution in [0.15, 0.2) is 17.6 Å². The fraction of sp³-hybridized carbons (Fsp3) is 0.769. The molecular weight excluding hydrogens is 339 g/mol. The lowest BCUT2D eigenvalue weighted by molar-refractivity contribution is 0.302. The number of halogens is 1. The molecule has 0 fully saturated rings. The molecule has 0 amide bonds. The third-order valence-corrected chi connectivity index (χ3v) is 2.55. The van der Waals surface area contributed by atoms with Crippen molar-refractivity contribution in [3.8, 4) is 0 Å². The zero-order valence-electron chi connectivity index (χ0n) is 12.0. The average Bonchev–Trinajstić information content (AvgIpc) is 2.36. The molecule has 0 unspecified atom stereocenters. The van der Waals surface area contributed by atoms with Crippen LogP contribution in [0.25, 0.3) is 0 Å². The van der Waals surface area contributed by atoms with Gasteiger partial charge in [0.2, 0.25) is 0 Å². The molecule has 0 aliphatic carbocycles. The molecule has 108 valence electrons. The molecule has 5 heteroatoms. The molecule has 0 rings (SSSR count). The highest BCUT2D eigenvalue weighted by molar-refractivity contribution is 14.0. The zero-order chi connectivity index (χ0) is 12.9. The van der Waals surface area contributed by atoms with Gasteiger partial charge in [-0.15, -0.1) is 30.6 Å². The van der Waals surface area contributed by atoms with E-state index in [0.29, 0.717) is 0 Å². The van der Waals surface area contributed by atoms with E-state index in [4.69, 9.17) is 0 Å². The molecule has 2 N–H and O–H groups in total. The second kappa shape index (κ2) is 14.8. The number of guanidine groups is 1. The summed E-state index contributed by atoms with van der Waals surface area (Å²) < 4.78 is 0. The van der Waals surface area contributed by atoms with Crippen molar-refractivity contribution in [1.82, 2.24) is 15.5 Å². The minimum Gasteiger partial charge on any atom is -0.357 e. The Hall–Kier alpha value is -0.300. The van der Waals surface area contributed by atoms with E-state index in [1.165, 1.54) is 0 Å². The van der Waals surface area contributed by atoms with Crippen LogP contribution in [0.5, 0.6) is 0 Å². The first-order valence-electron chi connectivity index (χ1n) is 6.63. The summed E-state index contributed by atoms with van der Waals surface area (Å²) in [4.78, 5) is 6.93. The van der Waals surface area contributed by atoms with Crippen LogP contribution >= 0.6 is 24.0 Å². The van der Waals surface area contributed by atoms with Crippen molar-refractivity contribution in [2.45, 2.75) is 27.2 Å². The van der Waals surface area contributed by atoms with Gasteiger partial charge >= 0.3 is 0 Å². The molecule has 0 heterocycles. The smallest absolute Gasteiger partial charge is 0.191 e. The molecule has 0 spiro atoms. The Labute approximate surface area is 129 Å². The minimum absolute atomic E-state index is 0. The molecule has 0 aromatic rings. The summed E-state index contributed by atoms with van der Waals surface area (Å²) in [6.07, 6.45) is 2.94. The molecule has 0 saturated carbocycles. The topological polar surface area (TPSA) is 39.7 Å². The third-order valence-electron chi connectivity index (χ3n) is 2.55. The fourth-order valence-electron chi connectivity index (χ4n) is 1.54. The normalized spacial score (nSPS) is 11.0. The van der Waals surface area contributed by atoms with Crippen LogP contribution in [0.1, 0.15) is 27.2 Å². The van der Waals surface area contributed by atoms with Gasteiger partial charge in [0, 0.05) is 19.6 Å². The van der Waals surface area contributed by atoms with E-state index >= 15 is 0 Å². The molecule has 0 aliphatic rings. The predicted molar refractivity (Wildman–Crippen MR) is 92.0 cm³/mol. The SMILES string of the molecule is C=CCNC(=NCCCN(CC)CC)NCC.I. The number of rotatable bonds is 9. The highest BCUT2D eigenvalue weighted by Crippen LogP contribution is 1.91. The largest absolute Gasteiger partial charge is 0.357 e. The molecule has 0 radical (unpaired) electrons. The van der Waals surface area contributed by atoms with Crippen molar-refractivity contribution < 1.29 is 0 Å². The summed E-state index contributed by atoms with van der Waals surface area (Å²) in [7, 11) is 0. The number of aliphatic imine (C=N–C) groups is 1. The molecule has 0 saturated heterocycles. The molecule has 18 heavy (non-hydrogen) atoms. The van der Waals surface area contributed by atoms with Crippen LogP contribution < -0.4 is 10.6 Å². The fourth-order valence-corrected chi connectivity index (χ4v) is 1.54. The molecule has 0 bridgehead atoms. The van der Waals surface area contributed by atoms with Crippen molar-refractivity contribution in [3.63, 3.8) is 0 Å². The van der Waals surface area contributed by atoms with Gasteiger partial charge < -0.3 is 15.5 Å². The molecule has 0 aromatic heterocycles. The number of hydrogen-bond acceptors (Lipinski definition) is 2. The predicted octanol–water partition coefficient (Wildman–Crippen LogP) is 2.08. The van der Waals surface area contributed by atoms with Crippen LogP contribution in [0.4, 0.5) is 0 Å². The van der Waals surface area contributed by atoms with Gasteiger partial charge in [-0.3, -0.25) is 4.99 Å². The van der Waals surface area contributed by atoms with Gasteiger partial charge in [-0.1, -0.05) is 19.9 Å². The molecule has 0 atom stereocenters. The standard InChI is InChI=1S/C13H28N4.HI/c1-5-10-15-13(14-6-2)16-11-9-12-17(7-3)8-4;/h5H,1,6-12H2,2-4H3,(H2,14,15,16);1H. The summed E-state index contributed by atoms with van der Waals surface area (Å²) in [5.41, 5.74) is 0. The van der Waals surface area contributed by atoms with E-state index in [1.807, 2.05) is 6.08 Å². The lowest BCUT2D eigenvalue weighted by Crippen LogP contribution is -2.37. The minimum atomic E-state index is 0. The van der Waals surface area contributed by atoms with Crippen LogP contribution in [-0.2, 0) is 0 Å². The summed E-state index contributed by atoms with van der Waals surface area (Å²) in [6, 6.07) is 0. The molecule has 0 aliphatic heterocycles. The zero-order valence-corrected chi connectivity index (χ0v) is 14.4. The van der Waals surface area contributed by atoms with Crippen LogP contribution in [0.2, 0.25) is 0 Å². The summed E-state index contributed by atoms with van der Waals surface area (Å²) in [6.45, 7) is 16.0. The summed E-state index contributed by atoms with van der Waals surface area (Å²) >= 11 is 0. The lowest BCUT2D eigenvalue weighted by Gasteiger charge is -2.17. The van der Waals surface area contributed by atoms with Crippen molar-refractivity contribution in [2.75, 3.05) is 39.3 Å². The first-order valence-corrected chi connectivity index (χ1v) is 6.63. The lowest BCUT2D eigenvalue weighted by atomic mass is 10.4. The molecular formula is C13H29IN4. The van der Waals surface area contributed by atoms with E-state index in [0.717, 1.165) is 51.6 Å². The van der Waals surface area contributed by atoms with Gasteiger partial charge in [-0.2, -0.15) is 0 Å². The van der Waals surface area contributed by atoms with Gasteiger partial charge in [0.05, 0.1) is 0 Å². The number of nitrogens with zero attached hydrogens (tertiary/aromatic N) is 2.